The topological polar surface area (TPSA) is 46.3 Å². The second-order valence-corrected chi connectivity index (χ2v) is 8.59. The molecule has 23 heavy (non-hydrogen) atoms. The van der Waals surface area contributed by atoms with Gasteiger partial charge in [0.15, 0.2) is 0 Å². The summed E-state index contributed by atoms with van der Waals surface area (Å²) in [5, 5.41) is 0. The van der Waals surface area contributed by atoms with Gasteiger partial charge in [0.1, 0.15) is 0 Å². The molecule has 2 aliphatic carbocycles. The molecule has 1 aromatic carbocycles. The first-order chi connectivity index (χ1) is 11.1. The number of hydrogen-bond donors (Lipinski definition) is 1. The summed E-state index contributed by atoms with van der Waals surface area (Å²) >= 11 is 3.50. The Hall–Kier alpha value is -0.870. The normalized spacial score (nSPS) is 32.3. The van der Waals surface area contributed by atoms with Gasteiger partial charge in [-0.15, -0.1) is 0 Å². The van der Waals surface area contributed by atoms with E-state index >= 15 is 0 Å². The van der Waals surface area contributed by atoms with Gasteiger partial charge in [0.2, 0.25) is 5.91 Å². The van der Waals surface area contributed by atoms with Gasteiger partial charge in [0.05, 0.1) is 5.41 Å². The number of carbonyl (C=O) groups is 1. The molecule has 3 atom stereocenters. The summed E-state index contributed by atoms with van der Waals surface area (Å²) in [6.45, 7) is 1.80. The maximum atomic E-state index is 13.5. The molecule has 3 unspecified atom stereocenters. The number of rotatable bonds is 2. The molecule has 1 aromatic rings. The van der Waals surface area contributed by atoms with Gasteiger partial charge in [0, 0.05) is 23.6 Å². The van der Waals surface area contributed by atoms with Crippen LogP contribution >= 0.6 is 15.9 Å². The van der Waals surface area contributed by atoms with E-state index in [0.29, 0.717) is 23.8 Å². The van der Waals surface area contributed by atoms with Crippen molar-refractivity contribution in [3.63, 3.8) is 0 Å². The Bertz CT molecular complexity index is 594. The van der Waals surface area contributed by atoms with E-state index in [0.717, 1.165) is 49.7 Å². The fourth-order valence-corrected chi connectivity index (χ4v) is 5.41. The predicted octanol–water partition coefficient (Wildman–Crippen LogP) is 3.46. The highest BCUT2D eigenvalue weighted by molar-refractivity contribution is 9.10. The van der Waals surface area contributed by atoms with Crippen LogP contribution in [0.4, 0.5) is 0 Å². The number of halogens is 1. The lowest BCUT2D eigenvalue weighted by Gasteiger charge is -2.33. The third-order valence-corrected chi connectivity index (χ3v) is 6.99. The minimum atomic E-state index is -0.288. The van der Waals surface area contributed by atoms with Crippen molar-refractivity contribution >= 4 is 21.8 Å². The molecule has 0 radical (unpaired) electrons. The zero-order valence-corrected chi connectivity index (χ0v) is 15.1. The van der Waals surface area contributed by atoms with E-state index in [1.165, 1.54) is 12.0 Å². The van der Waals surface area contributed by atoms with Crippen molar-refractivity contribution in [2.75, 3.05) is 13.1 Å². The van der Waals surface area contributed by atoms with Crippen LogP contribution in [0, 0.1) is 11.8 Å². The number of nitrogens with two attached hydrogens (primary N) is 1. The molecule has 1 heterocycles. The highest BCUT2D eigenvalue weighted by Gasteiger charge is 2.49. The van der Waals surface area contributed by atoms with Crippen LogP contribution in [0.1, 0.15) is 44.1 Å². The minimum Gasteiger partial charge on any atom is -0.341 e. The molecular formula is C19H25BrN2O. The van der Waals surface area contributed by atoms with Gasteiger partial charge in [-0.3, -0.25) is 4.79 Å². The monoisotopic (exact) mass is 376 g/mol. The Balaban J connectivity index is 1.61. The van der Waals surface area contributed by atoms with Crippen LogP contribution in [0.5, 0.6) is 0 Å². The van der Waals surface area contributed by atoms with Crippen molar-refractivity contribution in [2.45, 2.75) is 50.0 Å². The van der Waals surface area contributed by atoms with Gasteiger partial charge in [-0.1, -0.05) is 40.9 Å². The third-order valence-electron chi connectivity index (χ3n) is 6.46. The van der Waals surface area contributed by atoms with E-state index in [1.54, 1.807) is 0 Å². The largest absolute Gasteiger partial charge is 0.341 e. The summed E-state index contributed by atoms with van der Waals surface area (Å²) in [5.41, 5.74) is 7.16. The first-order valence-electron chi connectivity index (χ1n) is 8.91. The fraction of sp³-hybridized carbons (Fsp3) is 0.632. The first kappa shape index (κ1) is 15.6. The lowest BCUT2D eigenvalue weighted by Crippen LogP contribution is -2.45. The maximum Gasteiger partial charge on any atom is 0.233 e. The summed E-state index contributed by atoms with van der Waals surface area (Å²) in [6, 6.07) is 8.70. The van der Waals surface area contributed by atoms with Gasteiger partial charge in [-0.05, 0) is 55.2 Å². The van der Waals surface area contributed by atoms with Crippen LogP contribution < -0.4 is 5.73 Å². The highest BCUT2D eigenvalue weighted by Crippen LogP contribution is 2.45. The summed E-state index contributed by atoms with van der Waals surface area (Å²) in [7, 11) is 0. The molecule has 1 aliphatic heterocycles. The molecule has 124 valence electrons. The molecule has 1 saturated heterocycles. The molecule has 4 rings (SSSR count). The molecule has 1 amide bonds. The van der Waals surface area contributed by atoms with E-state index < -0.39 is 0 Å². The quantitative estimate of drug-likeness (QED) is 0.858. The van der Waals surface area contributed by atoms with Gasteiger partial charge in [-0.2, -0.15) is 0 Å². The highest BCUT2D eigenvalue weighted by atomic mass is 79.9. The van der Waals surface area contributed by atoms with Crippen LogP contribution in [0.3, 0.4) is 0 Å². The molecular weight excluding hydrogens is 352 g/mol. The minimum absolute atomic E-state index is 0.288. The second-order valence-electron chi connectivity index (χ2n) is 7.67. The fourth-order valence-electron chi connectivity index (χ4n) is 5.15. The molecule has 4 heteroatoms. The zero-order chi connectivity index (χ0) is 16.0. The van der Waals surface area contributed by atoms with E-state index in [2.05, 4.69) is 45.1 Å². The average molecular weight is 377 g/mol. The number of fused-ring (bicyclic) bond motifs is 1. The number of hydrogen-bond acceptors (Lipinski definition) is 2. The van der Waals surface area contributed by atoms with Crippen molar-refractivity contribution in [2.24, 2.45) is 17.6 Å². The van der Waals surface area contributed by atoms with Crippen molar-refractivity contribution in [3.8, 4) is 0 Å². The summed E-state index contributed by atoms with van der Waals surface area (Å²) in [4.78, 5) is 15.6. The van der Waals surface area contributed by atoms with Crippen molar-refractivity contribution in [3.05, 3.63) is 34.3 Å². The molecule has 2 N–H and O–H groups in total. The first-order valence-corrected chi connectivity index (χ1v) is 9.70. The molecule has 3 nitrogen and oxygen atoms in total. The Morgan fingerprint density at radius 1 is 1.13 bits per heavy atom. The standard InChI is InChI=1S/C19H25BrN2O/c20-15-6-4-14(5-7-15)19(9-1-2-10-19)18(23)22-11-13-3-8-17(21)16(13)12-22/h4-7,13,16-17H,1-3,8-12,21H2. The van der Waals surface area contributed by atoms with Gasteiger partial charge < -0.3 is 10.6 Å². The van der Waals surface area contributed by atoms with Crippen LogP contribution in [0.2, 0.25) is 0 Å². The van der Waals surface area contributed by atoms with E-state index in [-0.39, 0.29) is 5.41 Å². The Labute approximate surface area is 146 Å². The summed E-state index contributed by atoms with van der Waals surface area (Å²) < 4.78 is 1.07. The van der Waals surface area contributed by atoms with Crippen molar-refractivity contribution in [1.29, 1.82) is 0 Å². The smallest absolute Gasteiger partial charge is 0.233 e. The molecule has 0 aromatic heterocycles. The maximum absolute atomic E-state index is 13.5. The van der Waals surface area contributed by atoms with E-state index in [1.807, 2.05) is 0 Å². The molecule has 0 bridgehead atoms. The Morgan fingerprint density at radius 2 is 1.83 bits per heavy atom. The van der Waals surface area contributed by atoms with E-state index in [4.69, 9.17) is 5.73 Å². The van der Waals surface area contributed by atoms with Crippen molar-refractivity contribution < 1.29 is 4.79 Å². The van der Waals surface area contributed by atoms with Gasteiger partial charge >= 0.3 is 0 Å². The van der Waals surface area contributed by atoms with Crippen molar-refractivity contribution in [1.82, 2.24) is 4.90 Å². The Kier molecular flexibility index (Phi) is 4.01. The Morgan fingerprint density at radius 3 is 2.48 bits per heavy atom. The van der Waals surface area contributed by atoms with E-state index in [9.17, 15) is 4.79 Å². The summed E-state index contributed by atoms with van der Waals surface area (Å²) in [6.07, 6.45) is 6.62. The average Bonchev–Trinajstić information content (AvgIpc) is 3.26. The number of nitrogens with zero attached hydrogens (tertiary/aromatic N) is 1. The van der Waals surface area contributed by atoms with Crippen LogP contribution in [-0.2, 0) is 10.2 Å². The van der Waals surface area contributed by atoms with Gasteiger partial charge in [-0.25, -0.2) is 0 Å². The number of likely N-dealkylation sites (tertiary alicyclic amines) is 1. The molecule has 2 saturated carbocycles. The molecule has 3 aliphatic rings. The number of carbonyl (C=O) groups excluding carboxylic acids is 1. The lowest BCUT2D eigenvalue weighted by atomic mass is 9.77. The third kappa shape index (κ3) is 2.54. The molecule has 3 fully saturated rings. The SMILES string of the molecule is NC1CCC2CN(C(=O)C3(c4ccc(Br)cc4)CCCC3)CC12. The van der Waals surface area contributed by atoms with Gasteiger partial charge in [0.25, 0.3) is 0 Å². The zero-order valence-electron chi connectivity index (χ0n) is 13.5. The molecule has 0 spiro atoms. The number of benzene rings is 1. The number of amides is 1. The predicted molar refractivity (Wildman–Crippen MR) is 95.1 cm³/mol. The van der Waals surface area contributed by atoms with Crippen LogP contribution in [0.15, 0.2) is 28.7 Å². The second kappa shape index (κ2) is 5.89. The van der Waals surface area contributed by atoms with Crippen LogP contribution in [-0.4, -0.2) is 29.9 Å². The lowest BCUT2D eigenvalue weighted by molar-refractivity contribution is -0.136. The van der Waals surface area contributed by atoms with Crippen LogP contribution in [0.25, 0.3) is 0 Å². The summed E-state index contributed by atoms with van der Waals surface area (Å²) in [5.74, 6) is 1.53.